The average molecular weight is 363 g/mol. The molecule has 0 aliphatic carbocycles. The number of para-hydroxylation sites is 1. The molecule has 2 heterocycles. The van der Waals surface area contributed by atoms with Crippen molar-refractivity contribution in [3.63, 3.8) is 0 Å². The van der Waals surface area contributed by atoms with E-state index in [1.54, 1.807) is 0 Å². The largest absolute Gasteiger partial charge is 0.319 e. The molecule has 1 aliphatic heterocycles. The molecule has 1 aliphatic rings. The number of anilines is 4. The van der Waals surface area contributed by atoms with E-state index in [0.29, 0.717) is 0 Å². The third kappa shape index (κ3) is 2.72. The number of benzene rings is 3. The molecule has 3 heteroatoms. The number of nitrogens with zero attached hydrogens (tertiary/aromatic N) is 3. The molecule has 0 atom stereocenters. The van der Waals surface area contributed by atoms with Gasteiger partial charge in [0.05, 0.1) is 5.69 Å². The first kappa shape index (κ1) is 16.6. The average Bonchev–Trinajstić information content (AvgIpc) is 3.15. The van der Waals surface area contributed by atoms with Crippen LogP contribution in [0.15, 0.2) is 97.2 Å². The lowest BCUT2D eigenvalue weighted by Crippen LogP contribution is -2.24. The van der Waals surface area contributed by atoms with Gasteiger partial charge in [-0.3, -0.25) is 0 Å². The van der Waals surface area contributed by atoms with Gasteiger partial charge in [-0.05, 0) is 53.9 Å². The first-order valence-corrected chi connectivity index (χ1v) is 9.53. The Balaban J connectivity index is 1.61. The Labute approximate surface area is 165 Å². The minimum absolute atomic E-state index is 0.745. The van der Waals surface area contributed by atoms with Gasteiger partial charge in [-0.25, -0.2) is 4.98 Å². The summed E-state index contributed by atoms with van der Waals surface area (Å²) in [7, 11) is 0. The van der Waals surface area contributed by atoms with Crippen LogP contribution in [-0.2, 0) is 0 Å². The van der Waals surface area contributed by atoms with E-state index in [9.17, 15) is 0 Å². The Morgan fingerprint density at radius 2 is 1.39 bits per heavy atom. The van der Waals surface area contributed by atoms with Crippen LogP contribution in [0.1, 0.15) is 5.56 Å². The Morgan fingerprint density at radius 1 is 0.679 bits per heavy atom. The van der Waals surface area contributed by atoms with Gasteiger partial charge in [0.25, 0.3) is 0 Å². The van der Waals surface area contributed by atoms with E-state index in [-0.39, 0.29) is 0 Å². The molecule has 0 spiro atoms. The van der Waals surface area contributed by atoms with Gasteiger partial charge in [-0.15, -0.1) is 0 Å². The number of hydrogen-bond donors (Lipinski definition) is 0. The van der Waals surface area contributed by atoms with Gasteiger partial charge in [0.2, 0.25) is 0 Å². The highest BCUT2D eigenvalue weighted by Gasteiger charge is 2.30. The molecule has 3 aromatic carbocycles. The molecule has 0 saturated heterocycles. The summed E-state index contributed by atoms with van der Waals surface area (Å²) in [5.74, 6) is 0.998. The Hall–Kier alpha value is -3.59. The summed E-state index contributed by atoms with van der Waals surface area (Å²) in [4.78, 5) is 9.31. The fourth-order valence-corrected chi connectivity index (χ4v) is 3.96. The minimum Gasteiger partial charge on any atom is -0.319 e. The molecule has 0 amide bonds. The zero-order chi connectivity index (χ0) is 18.9. The molecule has 28 heavy (non-hydrogen) atoms. The maximum absolute atomic E-state index is 4.69. The monoisotopic (exact) mass is 363 g/mol. The first-order chi connectivity index (χ1) is 13.8. The smallest absolute Gasteiger partial charge is 0.158 e. The number of aromatic nitrogens is 1. The van der Waals surface area contributed by atoms with E-state index in [2.05, 4.69) is 101 Å². The van der Waals surface area contributed by atoms with Crippen molar-refractivity contribution >= 4 is 22.9 Å². The van der Waals surface area contributed by atoms with Crippen LogP contribution in [0.25, 0.3) is 11.1 Å². The Bertz CT molecular complexity index is 1110. The van der Waals surface area contributed by atoms with Crippen molar-refractivity contribution in [1.29, 1.82) is 0 Å². The summed E-state index contributed by atoms with van der Waals surface area (Å²) in [5.41, 5.74) is 7.29. The van der Waals surface area contributed by atoms with Gasteiger partial charge >= 0.3 is 0 Å². The predicted octanol–water partition coefficient (Wildman–Crippen LogP) is 6.30. The van der Waals surface area contributed by atoms with Gasteiger partial charge in [0.15, 0.2) is 5.82 Å². The third-order valence-electron chi connectivity index (χ3n) is 5.34. The van der Waals surface area contributed by atoms with Gasteiger partial charge in [0.1, 0.15) is 6.67 Å². The van der Waals surface area contributed by atoms with Gasteiger partial charge in [0, 0.05) is 17.6 Å². The van der Waals surface area contributed by atoms with E-state index in [1.165, 1.54) is 22.4 Å². The molecule has 0 unspecified atom stereocenters. The maximum atomic E-state index is 4.69. The van der Waals surface area contributed by atoms with Crippen molar-refractivity contribution in [2.24, 2.45) is 0 Å². The van der Waals surface area contributed by atoms with Gasteiger partial charge in [-0.2, -0.15) is 0 Å². The van der Waals surface area contributed by atoms with E-state index in [4.69, 9.17) is 0 Å². The number of pyridine rings is 1. The summed E-state index contributed by atoms with van der Waals surface area (Å²) in [6.45, 7) is 2.95. The van der Waals surface area contributed by atoms with Crippen molar-refractivity contribution in [2.45, 2.75) is 6.92 Å². The topological polar surface area (TPSA) is 19.4 Å². The first-order valence-electron chi connectivity index (χ1n) is 9.53. The maximum Gasteiger partial charge on any atom is 0.158 e. The summed E-state index contributed by atoms with van der Waals surface area (Å²) < 4.78 is 0. The zero-order valence-corrected chi connectivity index (χ0v) is 15.8. The van der Waals surface area contributed by atoms with Crippen molar-refractivity contribution in [3.05, 3.63) is 103 Å². The minimum atomic E-state index is 0.745. The van der Waals surface area contributed by atoms with Crippen LogP contribution >= 0.6 is 0 Å². The van der Waals surface area contributed by atoms with Crippen molar-refractivity contribution in [1.82, 2.24) is 4.98 Å². The molecular formula is C25H21N3. The SMILES string of the molecule is Cc1c(-c2ccccc2)cccc1N1CN(c2ccccc2)c2ncccc21. The van der Waals surface area contributed by atoms with Crippen molar-refractivity contribution < 1.29 is 0 Å². The van der Waals surface area contributed by atoms with Crippen LogP contribution in [-0.4, -0.2) is 11.7 Å². The highest BCUT2D eigenvalue weighted by atomic mass is 15.4. The second-order valence-electron chi connectivity index (χ2n) is 6.99. The summed E-state index contributed by atoms with van der Waals surface area (Å²) in [6, 6.07) is 31.7. The fourth-order valence-electron chi connectivity index (χ4n) is 3.96. The summed E-state index contributed by atoms with van der Waals surface area (Å²) in [5, 5.41) is 0. The third-order valence-corrected chi connectivity index (χ3v) is 5.34. The van der Waals surface area contributed by atoms with Crippen LogP contribution in [0.4, 0.5) is 22.9 Å². The van der Waals surface area contributed by atoms with Crippen molar-refractivity contribution in [3.8, 4) is 11.1 Å². The van der Waals surface area contributed by atoms with Crippen LogP contribution < -0.4 is 9.80 Å². The second-order valence-corrected chi connectivity index (χ2v) is 6.99. The highest BCUT2D eigenvalue weighted by molar-refractivity contribution is 5.87. The lowest BCUT2D eigenvalue weighted by molar-refractivity contribution is 0.977. The molecule has 5 rings (SSSR count). The number of fused-ring (bicyclic) bond motifs is 1. The Morgan fingerprint density at radius 3 is 2.18 bits per heavy atom. The molecule has 0 saturated carbocycles. The van der Waals surface area contributed by atoms with E-state index < -0.39 is 0 Å². The normalized spacial score (nSPS) is 12.9. The van der Waals surface area contributed by atoms with Crippen LogP contribution in [0.5, 0.6) is 0 Å². The van der Waals surface area contributed by atoms with Crippen LogP contribution in [0.3, 0.4) is 0 Å². The van der Waals surface area contributed by atoms with Gasteiger partial charge < -0.3 is 9.80 Å². The van der Waals surface area contributed by atoms with E-state index >= 15 is 0 Å². The molecule has 136 valence electrons. The lowest BCUT2D eigenvalue weighted by atomic mass is 9.99. The summed E-state index contributed by atoms with van der Waals surface area (Å²) in [6.07, 6.45) is 1.87. The van der Waals surface area contributed by atoms with Crippen LogP contribution in [0, 0.1) is 6.92 Å². The molecular weight excluding hydrogens is 342 g/mol. The van der Waals surface area contributed by atoms with Crippen molar-refractivity contribution in [2.75, 3.05) is 16.5 Å². The van der Waals surface area contributed by atoms with Crippen LogP contribution in [0.2, 0.25) is 0 Å². The quantitative estimate of drug-likeness (QED) is 0.425. The van der Waals surface area contributed by atoms with E-state index in [1.807, 2.05) is 18.3 Å². The number of rotatable bonds is 3. The molecule has 0 fully saturated rings. The lowest BCUT2D eigenvalue weighted by Gasteiger charge is -2.24. The molecule has 0 bridgehead atoms. The molecule has 0 radical (unpaired) electrons. The van der Waals surface area contributed by atoms with Gasteiger partial charge in [-0.1, -0.05) is 60.7 Å². The summed E-state index contributed by atoms with van der Waals surface area (Å²) >= 11 is 0. The molecule has 0 N–H and O–H groups in total. The standard InChI is InChI=1S/C25H21N3/c1-19-22(20-10-4-2-5-11-20)14-8-15-23(19)28-18-27(21-12-6-3-7-13-21)25-24(28)16-9-17-26-25/h2-17H,18H2,1H3. The number of hydrogen-bond acceptors (Lipinski definition) is 3. The fraction of sp³-hybridized carbons (Fsp3) is 0.0800. The molecule has 3 nitrogen and oxygen atoms in total. The molecule has 4 aromatic rings. The molecule has 1 aromatic heterocycles. The Kier molecular flexibility index (Phi) is 4.06. The second kappa shape index (κ2) is 6.86. The zero-order valence-electron chi connectivity index (χ0n) is 15.8. The predicted molar refractivity (Wildman–Crippen MR) is 116 cm³/mol. The van der Waals surface area contributed by atoms with E-state index in [0.717, 1.165) is 23.9 Å². The highest BCUT2D eigenvalue weighted by Crippen LogP contribution is 2.44.